The molecule has 2 N–H and O–H groups in total. The van der Waals surface area contributed by atoms with Crippen molar-refractivity contribution in [3.63, 3.8) is 0 Å². The van der Waals surface area contributed by atoms with Gasteiger partial charge < -0.3 is 10.2 Å². The first kappa shape index (κ1) is 17.1. The zero-order valence-electron chi connectivity index (χ0n) is 14.6. The highest BCUT2D eigenvalue weighted by molar-refractivity contribution is 5.98. The average molecular weight is 342 g/mol. The van der Waals surface area contributed by atoms with Gasteiger partial charge in [0.1, 0.15) is 18.3 Å². The first-order chi connectivity index (χ1) is 12.1. The van der Waals surface area contributed by atoms with Crippen LogP contribution in [0.5, 0.6) is 0 Å². The van der Waals surface area contributed by atoms with Crippen molar-refractivity contribution >= 4 is 5.84 Å². The molecule has 3 rings (SSSR count). The third kappa shape index (κ3) is 4.23. The molecule has 0 fully saturated rings. The summed E-state index contributed by atoms with van der Waals surface area (Å²) >= 11 is 0. The van der Waals surface area contributed by atoms with E-state index in [4.69, 9.17) is 0 Å². The number of pyridine rings is 1. The van der Waals surface area contributed by atoms with Crippen LogP contribution in [0.1, 0.15) is 25.0 Å². The first-order valence-electron chi connectivity index (χ1n) is 8.42. The number of rotatable bonds is 6. The van der Waals surface area contributed by atoms with E-state index in [0.29, 0.717) is 18.7 Å². The molecule has 1 aliphatic heterocycles. The van der Waals surface area contributed by atoms with Gasteiger partial charge in [0.15, 0.2) is 0 Å². The fraction of sp³-hybridized carbons (Fsp3) is 0.389. The summed E-state index contributed by atoms with van der Waals surface area (Å²) in [6, 6.07) is 1.73. The van der Waals surface area contributed by atoms with E-state index in [0.717, 1.165) is 30.9 Å². The van der Waals surface area contributed by atoms with Gasteiger partial charge >= 0.3 is 0 Å². The van der Waals surface area contributed by atoms with Crippen LogP contribution < -0.4 is 5.32 Å². The highest BCUT2D eigenvalue weighted by Gasteiger charge is 2.17. The standard InChI is InChI=1S/C18H23FN6/c1-13-14(2)25(8-5-16-4-6-20-11-17(16)19)12-22-18(13)21-7-3-15-9-23-24-10-15/h4,6,9-11H,3,5,7-8,12H2,1-2H3,(H,21,22)(H,23,24). The van der Waals surface area contributed by atoms with E-state index >= 15 is 0 Å². The summed E-state index contributed by atoms with van der Waals surface area (Å²) in [4.78, 5) is 10.6. The quantitative estimate of drug-likeness (QED) is 0.845. The molecule has 0 saturated heterocycles. The Morgan fingerprint density at radius 3 is 2.92 bits per heavy atom. The highest BCUT2D eigenvalue weighted by Crippen LogP contribution is 2.17. The van der Waals surface area contributed by atoms with Crippen LogP contribution in [0.2, 0.25) is 0 Å². The van der Waals surface area contributed by atoms with Crippen molar-refractivity contribution in [3.05, 3.63) is 59.1 Å². The number of hydrogen-bond donors (Lipinski definition) is 2. The van der Waals surface area contributed by atoms with Crippen LogP contribution in [0, 0.1) is 5.82 Å². The van der Waals surface area contributed by atoms with Crippen molar-refractivity contribution in [2.75, 3.05) is 19.8 Å². The molecule has 0 aromatic carbocycles. The minimum absolute atomic E-state index is 0.247. The third-order valence-corrected chi connectivity index (χ3v) is 4.54. The molecule has 0 radical (unpaired) electrons. The van der Waals surface area contributed by atoms with Crippen molar-refractivity contribution in [3.8, 4) is 0 Å². The zero-order chi connectivity index (χ0) is 17.6. The molecule has 0 unspecified atom stereocenters. The Kier molecular flexibility index (Phi) is 5.42. The Bertz CT molecular complexity index is 766. The number of amidine groups is 1. The van der Waals surface area contributed by atoms with E-state index in [9.17, 15) is 4.39 Å². The van der Waals surface area contributed by atoms with Crippen molar-refractivity contribution < 1.29 is 4.39 Å². The van der Waals surface area contributed by atoms with Gasteiger partial charge in [0, 0.05) is 36.8 Å². The maximum absolute atomic E-state index is 13.7. The Morgan fingerprint density at radius 1 is 1.28 bits per heavy atom. The van der Waals surface area contributed by atoms with E-state index in [1.165, 1.54) is 17.5 Å². The van der Waals surface area contributed by atoms with Gasteiger partial charge in [-0.2, -0.15) is 5.10 Å². The molecule has 0 aliphatic carbocycles. The van der Waals surface area contributed by atoms with Gasteiger partial charge in [-0.25, -0.2) is 9.38 Å². The Hall–Kier alpha value is -2.70. The van der Waals surface area contributed by atoms with Gasteiger partial charge in [-0.1, -0.05) is 0 Å². The predicted octanol–water partition coefficient (Wildman–Crippen LogP) is 2.28. The minimum Gasteiger partial charge on any atom is -0.370 e. The van der Waals surface area contributed by atoms with Crippen LogP contribution in [0.4, 0.5) is 4.39 Å². The second-order valence-corrected chi connectivity index (χ2v) is 6.12. The van der Waals surface area contributed by atoms with Crippen molar-refractivity contribution in [2.45, 2.75) is 26.7 Å². The van der Waals surface area contributed by atoms with Crippen LogP contribution in [0.15, 0.2) is 47.1 Å². The molecular formula is C18H23FN6. The van der Waals surface area contributed by atoms with Gasteiger partial charge in [0.2, 0.25) is 0 Å². The number of halogens is 1. The number of nitrogens with one attached hydrogen (secondary N) is 2. The number of hydrogen-bond acceptors (Lipinski definition) is 5. The van der Waals surface area contributed by atoms with Crippen LogP contribution in [-0.4, -0.2) is 45.7 Å². The van der Waals surface area contributed by atoms with E-state index in [2.05, 4.69) is 44.2 Å². The summed E-state index contributed by atoms with van der Waals surface area (Å²) in [6.07, 6.45) is 8.16. The van der Waals surface area contributed by atoms with Gasteiger partial charge in [-0.3, -0.25) is 10.1 Å². The SMILES string of the molecule is CC1=C(C)N(CCc2ccncc2F)CN=C1NCCc1cn[nH]c1. The molecule has 1 aliphatic rings. The molecule has 6 nitrogen and oxygen atoms in total. The molecule has 132 valence electrons. The number of nitrogens with zero attached hydrogens (tertiary/aromatic N) is 4. The molecule has 3 heterocycles. The van der Waals surface area contributed by atoms with E-state index in [-0.39, 0.29) is 5.82 Å². The Labute approximate surface area is 146 Å². The zero-order valence-corrected chi connectivity index (χ0v) is 14.6. The number of allylic oxidation sites excluding steroid dienone is 1. The molecule has 2 aromatic rings. The predicted molar refractivity (Wildman–Crippen MR) is 95.6 cm³/mol. The molecule has 2 aromatic heterocycles. The average Bonchev–Trinajstić information content (AvgIpc) is 3.13. The maximum atomic E-state index is 13.7. The van der Waals surface area contributed by atoms with E-state index in [1.54, 1.807) is 12.3 Å². The van der Waals surface area contributed by atoms with Gasteiger partial charge in [-0.15, -0.1) is 0 Å². The first-order valence-corrected chi connectivity index (χ1v) is 8.42. The number of aliphatic imine (C=N–C) groups is 1. The monoisotopic (exact) mass is 342 g/mol. The summed E-state index contributed by atoms with van der Waals surface area (Å²) in [5.41, 5.74) is 4.17. The second kappa shape index (κ2) is 7.92. The van der Waals surface area contributed by atoms with Gasteiger partial charge in [-0.05, 0) is 43.9 Å². The Balaban J connectivity index is 1.54. The highest BCUT2D eigenvalue weighted by atomic mass is 19.1. The van der Waals surface area contributed by atoms with Crippen molar-refractivity contribution in [1.29, 1.82) is 0 Å². The number of aromatic amines is 1. The number of aromatic nitrogens is 3. The summed E-state index contributed by atoms with van der Waals surface area (Å²) < 4.78 is 13.7. The van der Waals surface area contributed by atoms with E-state index in [1.807, 2.05) is 12.4 Å². The molecular weight excluding hydrogens is 319 g/mol. The normalized spacial score (nSPS) is 14.7. The van der Waals surface area contributed by atoms with Crippen LogP contribution in [0.25, 0.3) is 0 Å². The summed E-state index contributed by atoms with van der Waals surface area (Å²) in [5.74, 6) is 0.690. The lowest BCUT2D eigenvalue weighted by atomic mass is 10.1. The lowest BCUT2D eigenvalue weighted by Crippen LogP contribution is -2.36. The molecule has 7 heteroatoms. The van der Waals surface area contributed by atoms with E-state index < -0.39 is 0 Å². The summed E-state index contributed by atoms with van der Waals surface area (Å²) in [5, 5.41) is 10.2. The van der Waals surface area contributed by atoms with Crippen molar-refractivity contribution in [1.82, 2.24) is 25.4 Å². The minimum atomic E-state index is -0.247. The lowest BCUT2D eigenvalue weighted by Gasteiger charge is -2.30. The topological polar surface area (TPSA) is 69.2 Å². The Morgan fingerprint density at radius 2 is 2.16 bits per heavy atom. The fourth-order valence-electron chi connectivity index (χ4n) is 2.82. The molecule has 0 atom stereocenters. The molecule has 25 heavy (non-hydrogen) atoms. The van der Waals surface area contributed by atoms with Crippen molar-refractivity contribution in [2.24, 2.45) is 4.99 Å². The van der Waals surface area contributed by atoms with Crippen LogP contribution in [0.3, 0.4) is 0 Å². The summed E-state index contributed by atoms with van der Waals surface area (Å²) in [7, 11) is 0. The summed E-state index contributed by atoms with van der Waals surface area (Å²) in [6.45, 7) is 6.29. The third-order valence-electron chi connectivity index (χ3n) is 4.54. The fourth-order valence-corrected chi connectivity index (χ4v) is 2.82. The number of H-pyrrole nitrogens is 1. The smallest absolute Gasteiger partial charge is 0.144 e. The van der Waals surface area contributed by atoms with Gasteiger partial charge in [0.25, 0.3) is 0 Å². The molecule has 0 amide bonds. The van der Waals surface area contributed by atoms with Crippen LogP contribution in [-0.2, 0) is 12.8 Å². The second-order valence-electron chi connectivity index (χ2n) is 6.12. The molecule has 0 saturated carbocycles. The maximum Gasteiger partial charge on any atom is 0.144 e. The molecule has 0 spiro atoms. The van der Waals surface area contributed by atoms with Gasteiger partial charge in [0.05, 0.1) is 12.4 Å². The lowest BCUT2D eigenvalue weighted by molar-refractivity contribution is 0.350. The largest absolute Gasteiger partial charge is 0.370 e. The molecule has 0 bridgehead atoms. The van der Waals surface area contributed by atoms with Crippen LogP contribution >= 0.6 is 0 Å².